The normalized spacial score (nSPS) is 12.9. The summed E-state index contributed by atoms with van der Waals surface area (Å²) in [5.41, 5.74) is 1.32. The van der Waals surface area contributed by atoms with Crippen molar-refractivity contribution in [2.75, 3.05) is 6.61 Å². The second-order valence-electron chi connectivity index (χ2n) is 4.49. The Kier molecular flexibility index (Phi) is 7.52. The first-order valence-electron chi connectivity index (χ1n) is 6.51. The quantitative estimate of drug-likeness (QED) is 0.627. The lowest BCUT2D eigenvalue weighted by molar-refractivity contribution is 0.256. The molecule has 1 rings (SSSR count). The standard InChI is InChI=1S/C14H24OS/c1-2-3-4-5-6-7-8-13(11-15)14-9-10-16-12-14/h9-10,12-13,15H,2-8,11H2,1H3. The smallest absolute Gasteiger partial charge is 0.0500 e. The summed E-state index contributed by atoms with van der Waals surface area (Å²) < 4.78 is 0. The minimum Gasteiger partial charge on any atom is -0.396 e. The molecule has 1 aromatic heterocycles. The van der Waals surface area contributed by atoms with Crippen LogP contribution in [-0.2, 0) is 0 Å². The minimum absolute atomic E-state index is 0.297. The molecule has 1 nitrogen and oxygen atoms in total. The van der Waals surface area contributed by atoms with Gasteiger partial charge in [-0.3, -0.25) is 0 Å². The highest BCUT2D eigenvalue weighted by Gasteiger charge is 2.09. The summed E-state index contributed by atoms with van der Waals surface area (Å²) in [5.74, 6) is 0.373. The SMILES string of the molecule is CCCCCCCCC(CO)c1ccsc1. The van der Waals surface area contributed by atoms with E-state index >= 15 is 0 Å². The molecule has 0 aromatic carbocycles. The zero-order valence-electron chi connectivity index (χ0n) is 10.3. The van der Waals surface area contributed by atoms with Crippen LogP contribution in [0.5, 0.6) is 0 Å². The van der Waals surface area contributed by atoms with E-state index in [0.29, 0.717) is 12.5 Å². The van der Waals surface area contributed by atoms with Crippen LogP contribution in [0.3, 0.4) is 0 Å². The van der Waals surface area contributed by atoms with Crippen molar-refractivity contribution in [1.82, 2.24) is 0 Å². The number of aliphatic hydroxyl groups excluding tert-OH is 1. The molecule has 0 bridgehead atoms. The van der Waals surface area contributed by atoms with Gasteiger partial charge in [-0.15, -0.1) is 0 Å². The van der Waals surface area contributed by atoms with E-state index in [-0.39, 0.29) is 0 Å². The predicted octanol–water partition coefficient (Wildman–Crippen LogP) is 4.57. The third kappa shape index (κ3) is 5.13. The Hall–Kier alpha value is -0.340. The van der Waals surface area contributed by atoms with Crippen molar-refractivity contribution in [3.8, 4) is 0 Å². The first-order chi connectivity index (χ1) is 7.88. The van der Waals surface area contributed by atoms with E-state index in [2.05, 4.69) is 23.8 Å². The molecule has 0 radical (unpaired) electrons. The highest BCUT2D eigenvalue weighted by molar-refractivity contribution is 7.07. The molecular weight excluding hydrogens is 216 g/mol. The number of thiophene rings is 1. The van der Waals surface area contributed by atoms with Gasteiger partial charge in [0, 0.05) is 12.5 Å². The third-order valence-corrected chi connectivity index (χ3v) is 3.84. The molecule has 0 aliphatic carbocycles. The van der Waals surface area contributed by atoms with Gasteiger partial charge in [0.2, 0.25) is 0 Å². The fraction of sp³-hybridized carbons (Fsp3) is 0.714. The lowest BCUT2D eigenvalue weighted by Crippen LogP contribution is -2.02. The highest BCUT2D eigenvalue weighted by Crippen LogP contribution is 2.24. The van der Waals surface area contributed by atoms with Gasteiger partial charge in [-0.2, -0.15) is 11.3 Å². The molecule has 1 heterocycles. The van der Waals surface area contributed by atoms with E-state index in [0.717, 1.165) is 6.42 Å². The Morgan fingerprint density at radius 3 is 2.56 bits per heavy atom. The van der Waals surface area contributed by atoms with Gasteiger partial charge in [-0.05, 0) is 28.8 Å². The van der Waals surface area contributed by atoms with E-state index in [4.69, 9.17) is 0 Å². The van der Waals surface area contributed by atoms with Crippen LogP contribution in [-0.4, -0.2) is 11.7 Å². The summed E-state index contributed by atoms with van der Waals surface area (Å²) in [7, 11) is 0. The summed E-state index contributed by atoms with van der Waals surface area (Å²) in [6.45, 7) is 2.55. The van der Waals surface area contributed by atoms with Crippen LogP contribution >= 0.6 is 11.3 Å². The maximum Gasteiger partial charge on any atom is 0.0500 e. The number of rotatable bonds is 9. The van der Waals surface area contributed by atoms with Crippen LogP contribution in [0.2, 0.25) is 0 Å². The fourth-order valence-corrected chi connectivity index (χ4v) is 2.78. The minimum atomic E-state index is 0.297. The molecule has 16 heavy (non-hydrogen) atoms. The molecule has 1 N–H and O–H groups in total. The van der Waals surface area contributed by atoms with Crippen molar-refractivity contribution in [2.24, 2.45) is 0 Å². The second-order valence-corrected chi connectivity index (χ2v) is 5.27. The topological polar surface area (TPSA) is 20.2 Å². The van der Waals surface area contributed by atoms with Crippen LogP contribution in [0, 0.1) is 0 Å². The summed E-state index contributed by atoms with van der Waals surface area (Å²) in [4.78, 5) is 0. The second kappa shape index (κ2) is 8.77. The molecule has 0 fully saturated rings. The number of hydrogen-bond donors (Lipinski definition) is 1. The maximum absolute atomic E-state index is 9.34. The van der Waals surface area contributed by atoms with Crippen LogP contribution in [0.25, 0.3) is 0 Å². The van der Waals surface area contributed by atoms with Gasteiger partial charge in [0.05, 0.1) is 0 Å². The van der Waals surface area contributed by atoms with Crippen molar-refractivity contribution >= 4 is 11.3 Å². The Morgan fingerprint density at radius 1 is 1.19 bits per heavy atom. The van der Waals surface area contributed by atoms with E-state index < -0.39 is 0 Å². The van der Waals surface area contributed by atoms with Crippen LogP contribution in [0.15, 0.2) is 16.8 Å². The Morgan fingerprint density at radius 2 is 1.94 bits per heavy atom. The Labute approximate surface area is 104 Å². The molecule has 1 unspecified atom stereocenters. The van der Waals surface area contributed by atoms with Crippen LogP contribution < -0.4 is 0 Å². The molecule has 0 saturated carbocycles. The molecule has 1 aromatic rings. The van der Waals surface area contributed by atoms with Gasteiger partial charge < -0.3 is 5.11 Å². The van der Waals surface area contributed by atoms with Gasteiger partial charge in [-0.1, -0.05) is 45.4 Å². The van der Waals surface area contributed by atoms with Crippen molar-refractivity contribution in [3.05, 3.63) is 22.4 Å². The Bertz CT molecular complexity index is 243. The molecule has 0 spiro atoms. The maximum atomic E-state index is 9.34. The lowest BCUT2D eigenvalue weighted by atomic mass is 9.96. The van der Waals surface area contributed by atoms with Gasteiger partial charge >= 0.3 is 0 Å². The molecule has 2 heteroatoms. The zero-order valence-corrected chi connectivity index (χ0v) is 11.1. The average Bonchev–Trinajstić information content (AvgIpc) is 2.82. The highest BCUT2D eigenvalue weighted by atomic mass is 32.1. The summed E-state index contributed by atoms with van der Waals surface area (Å²) in [6, 6.07) is 2.14. The number of aliphatic hydroxyl groups is 1. The molecule has 0 saturated heterocycles. The first-order valence-corrected chi connectivity index (χ1v) is 7.45. The lowest BCUT2D eigenvalue weighted by Gasteiger charge is -2.12. The Balaban J connectivity index is 2.11. The monoisotopic (exact) mass is 240 g/mol. The van der Waals surface area contributed by atoms with Gasteiger partial charge in [0.25, 0.3) is 0 Å². The molecular formula is C14H24OS. The number of hydrogen-bond acceptors (Lipinski definition) is 2. The largest absolute Gasteiger partial charge is 0.396 e. The zero-order chi connectivity index (χ0) is 11.6. The first kappa shape index (κ1) is 13.7. The van der Waals surface area contributed by atoms with Gasteiger partial charge in [0.15, 0.2) is 0 Å². The van der Waals surface area contributed by atoms with E-state index in [9.17, 15) is 5.11 Å². The fourth-order valence-electron chi connectivity index (χ4n) is 2.04. The van der Waals surface area contributed by atoms with Crippen molar-refractivity contribution in [3.63, 3.8) is 0 Å². The molecule has 0 amide bonds. The third-order valence-electron chi connectivity index (χ3n) is 3.14. The van der Waals surface area contributed by atoms with Crippen molar-refractivity contribution in [1.29, 1.82) is 0 Å². The molecule has 0 aliphatic rings. The van der Waals surface area contributed by atoms with E-state index in [1.165, 1.54) is 44.1 Å². The van der Waals surface area contributed by atoms with Gasteiger partial charge in [0.1, 0.15) is 0 Å². The van der Waals surface area contributed by atoms with Crippen molar-refractivity contribution in [2.45, 2.75) is 57.8 Å². The molecule has 1 atom stereocenters. The molecule has 92 valence electrons. The van der Waals surface area contributed by atoms with Crippen LogP contribution in [0.1, 0.15) is 63.4 Å². The summed E-state index contributed by atoms with van der Waals surface area (Å²) in [5, 5.41) is 13.6. The van der Waals surface area contributed by atoms with Crippen molar-refractivity contribution < 1.29 is 5.11 Å². The van der Waals surface area contributed by atoms with Gasteiger partial charge in [-0.25, -0.2) is 0 Å². The summed E-state index contributed by atoms with van der Waals surface area (Å²) in [6.07, 6.45) is 9.13. The van der Waals surface area contributed by atoms with E-state index in [1.54, 1.807) is 11.3 Å². The number of unbranched alkanes of at least 4 members (excludes halogenated alkanes) is 5. The van der Waals surface area contributed by atoms with Crippen LogP contribution in [0.4, 0.5) is 0 Å². The average molecular weight is 240 g/mol. The van der Waals surface area contributed by atoms with E-state index in [1.807, 2.05) is 0 Å². The summed E-state index contributed by atoms with van der Waals surface area (Å²) >= 11 is 1.72. The molecule has 0 aliphatic heterocycles. The predicted molar refractivity (Wildman–Crippen MR) is 72.1 cm³/mol.